The fraction of sp³-hybridized carbons (Fsp3) is 0.600. The van der Waals surface area contributed by atoms with Gasteiger partial charge in [0.05, 0.1) is 17.3 Å². The molecular weight excluding hydrogens is 298 g/mol. The van der Waals surface area contributed by atoms with Gasteiger partial charge in [0.1, 0.15) is 11.9 Å². The molecule has 2 aromatic heterocycles. The fourth-order valence-corrected chi connectivity index (χ4v) is 3.29. The summed E-state index contributed by atoms with van der Waals surface area (Å²) >= 11 is 1.71. The summed E-state index contributed by atoms with van der Waals surface area (Å²) in [6.07, 6.45) is 1.92. The van der Waals surface area contributed by atoms with Crippen molar-refractivity contribution in [3.8, 4) is 0 Å². The number of H-pyrrole nitrogens is 1. The van der Waals surface area contributed by atoms with Crippen LogP contribution < -0.4 is 0 Å². The van der Waals surface area contributed by atoms with Gasteiger partial charge in [-0.1, -0.05) is 0 Å². The van der Waals surface area contributed by atoms with Crippen molar-refractivity contribution in [3.05, 3.63) is 33.8 Å². The second-order valence-electron chi connectivity index (χ2n) is 5.98. The summed E-state index contributed by atoms with van der Waals surface area (Å²) in [5.41, 5.74) is 2.27. The van der Waals surface area contributed by atoms with Crippen LogP contribution in [0, 0.1) is 6.92 Å². The Bertz CT molecular complexity index is 609. The molecule has 7 heteroatoms. The first-order chi connectivity index (χ1) is 10.6. The van der Waals surface area contributed by atoms with Crippen LogP contribution in [-0.2, 0) is 17.8 Å². The van der Waals surface area contributed by atoms with Crippen molar-refractivity contribution in [1.29, 1.82) is 0 Å². The average Bonchev–Trinajstić information content (AvgIpc) is 3.08. The van der Waals surface area contributed by atoms with Crippen molar-refractivity contribution in [2.75, 3.05) is 33.8 Å². The van der Waals surface area contributed by atoms with Crippen LogP contribution in [0.3, 0.4) is 0 Å². The van der Waals surface area contributed by atoms with Gasteiger partial charge in [-0.3, -0.25) is 4.90 Å². The monoisotopic (exact) mass is 321 g/mol. The molecule has 120 valence electrons. The second kappa shape index (κ2) is 6.87. The van der Waals surface area contributed by atoms with E-state index in [-0.39, 0.29) is 6.10 Å². The molecule has 1 atom stereocenters. The van der Waals surface area contributed by atoms with E-state index >= 15 is 0 Å². The van der Waals surface area contributed by atoms with Gasteiger partial charge in [-0.05, 0) is 21.0 Å². The molecule has 3 heterocycles. The van der Waals surface area contributed by atoms with Crippen LogP contribution in [-0.4, -0.2) is 58.5 Å². The van der Waals surface area contributed by atoms with E-state index in [9.17, 15) is 0 Å². The molecule has 22 heavy (non-hydrogen) atoms. The Morgan fingerprint density at radius 3 is 3.09 bits per heavy atom. The molecule has 6 nitrogen and oxygen atoms in total. The van der Waals surface area contributed by atoms with Crippen LogP contribution in [0.4, 0.5) is 0 Å². The molecular formula is C15H23N5OS. The molecule has 3 rings (SSSR count). The quantitative estimate of drug-likeness (QED) is 0.910. The standard InChI is InChI=1S/C15H23N5OS/c1-11-17-13(10-22-11)8-20-4-5-21-14(9-20)15-16-6-12(18-15)7-19(2)3/h6,10,14H,4-5,7-9H2,1-3H3,(H,16,18)/t14-/m1/s1. The summed E-state index contributed by atoms with van der Waals surface area (Å²) in [4.78, 5) is 16.9. The molecule has 0 unspecified atom stereocenters. The first kappa shape index (κ1) is 15.6. The molecule has 1 N–H and O–H groups in total. The minimum Gasteiger partial charge on any atom is -0.368 e. The lowest BCUT2D eigenvalue weighted by Crippen LogP contribution is -2.38. The summed E-state index contributed by atoms with van der Waals surface area (Å²) < 4.78 is 5.89. The molecule has 0 saturated carbocycles. The zero-order valence-electron chi connectivity index (χ0n) is 13.4. The molecule has 0 aliphatic carbocycles. The number of aromatic amines is 1. The average molecular weight is 321 g/mol. The number of hydrogen-bond donors (Lipinski definition) is 1. The predicted molar refractivity (Wildman–Crippen MR) is 86.8 cm³/mol. The van der Waals surface area contributed by atoms with E-state index in [4.69, 9.17) is 4.74 Å². The minimum atomic E-state index is 0.0180. The number of hydrogen-bond acceptors (Lipinski definition) is 6. The van der Waals surface area contributed by atoms with Gasteiger partial charge in [0.15, 0.2) is 0 Å². The Morgan fingerprint density at radius 2 is 2.36 bits per heavy atom. The maximum atomic E-state index is 5.89. The molecule has 0 bridgehead atoms. The number of nitrogens with zero attached hydrogens (tertiary/aromatic N) is 4. The third-order valence-corrected chi connectivity index (χ3v) is 4.46. The summed E-state index contributed by atoms with van der Waals surface area (Å²) in [6.45, 7) is 6.32. The lowest BCUT2D eigenvalue weighted by Gasteiger charge is -2.31. The van der Waals surface area contributed by atoms with E-state index in [0.717, 1.165) is 55.0 Å². The number of ether oxygens (including phenoxy) is 1. The highest BCUT2D eigenvalue weighted by Gasteiger charge is 2.24. The zero-order valence-corrected chi connectivity index (χ0v) is 14.2. The van der Waals surface area contributed by atoms with Crippen LogP contribution in [0.25, 0.3) is 0 Å². The summed E-state index contributed by atoms with van der Waals surface area (Å²) in [7, 11) is 4.10. The Hall–Kier alpha value is -1.28. The van der Waals surface area contributed by atoms with E-state index in [0.29, 0.717) is 0 Å². The Morgan fingerprint density at radius 1 is 1.50 bits per heavy atom. The number of rotatable bonds is 5. The normalized spacial score (nSPS) is 19.9. The van der Waals surface area contributed by atoms with Crippen molar-refractivity contribution in [2.45, 2.75) is 26.1 Å². The number of thiazole rings is 1. The minimum absolute atomic E-state index is 0.0180. The smallest absolute Gasteiger partial charge is 0.136 e. The Balaban J connectivity index is 1.61. The zero-order chi connectivity index (χ0) is 15.5. The highest BCUT2D eigenvalue weighted by Crippen LogP contribution is 2.21. The van der Waals surface area contributed by atoms with Gasteiger partial charge in [0.25, 0.3) is 0 Å². The summed E-state index contributed by atoms with van der Waals surface area (Å²) in [5, 5.41) is 3.26. The highest BCUT2D eigenvalue weighted by molar-refractivity contribution is 7.09. The SMILES string of the molecule is Cc1nc(CN2CCO[C@@H](c3ncc(CN(C)C)[nH]3)C2)cs1. The third-order valence-electron chi connectivity index (χ3n) is 3.64. The Labute approximate surface area is 135 Å². The number of imidazole rings is 1. The van der Waals surface area contributed by atoms with Crippen LogP contribution in [0.2, 0.25) is 0 Å². The van der Waals surface area contributed by atoms with E-state index in [1.807, 2.05) is 13.1 Å². The largest absolute Gasteiger partial charge is 0.368 e. The second-order valence-corrected chi connectivity index (χ2v) is 7.05. The van der Waals surface area contributed by atoms with E-state index in [2.05, 4.69) is 44.2 Å². The van der Waals surface area contributed by atoms with Crippen molar-refractivity contribution in [2.24, 2.45) is 0 Å². The molecule has 1 aliphatic rings. The predicted octanol–water partition coefficient (Wildman–Crippen LogP) is 1.81. The fourth-order valence-electron chi connectivity index (χ4n) is 2.68. The van der Waals surface area contributed by atoms with Gasteiger partial charge < -0.3 is 14.6 Å². The van der Waals surface area contributed by atoms with Gasteiger partial charge >= 0.3 is 0 Å². The highest BCUT2D eigenvalue weighted by atomic mass is 32.1. The van der Waals surface area contributed by atoms with Gasteiger partial charge in [-0.2, -0.15) is 0 Å². The van der Waals surface area contributed by atoms with Crippen molar-refractivity contribution in [1.82, 2.24) is 24.8 Å². The third kappa shape index (κ3) is 3.92. The molecule has 1 aliphatic heterocycles. The van der Waals surface area contributed by atoms with Crippen molar-refractivity contribution < 1.29 is 4.74 Å². The molecule has 1 saturated heterocycles. The van der Waals surface area contributed by atoms with Gasteiger partial charge in [-0.15, -0.1) is 11.3 Å². The van der Waals surface area contributed by atoms with Crippen molar-refractivity contribution in [3.63, 3.8) is 0 Å². The summed E-state index contributed by atoms with van der Waals surface area (Å²) in [6, 6.07) is 0. The van der Waals surface area contributed by atoms with E-state index in [1.54, 1.807) is 11.3 Å². The topological polar surface area (TPSA) is 57.3 Å². The number of nitrogens with one attached hydrogen (secondary N) is 1. The van der Waals surface area contributed by atoms with Gasteiger partial charge in [-0.25, -0.2) is 9.97 Å². The number of aryl methyl sites for hydroxylation is 1. The lowest BCUT2D eigenvalue weighted by atomic mass is 10.2. The molecule has 1 fully saturated rings. The van der Waals surface area contributed by atoms with Gasteiger partial charge in [0, 0.05) is 43.4 Å². The summed E-state index contributed by atoms with van der Waals surface area (Å²) in [5.74, 6) is 0.927. The van der Waals surface area contributed by atoms with Crippen LogP contribution in [0.15, 0.2) is 11.6 Å². The molecule has 0 amide bonds. The molecule has 2 aromatic rings. The first-order valence-electron chi connectivity index (χ1n) is 7.53. The van der Waals surface area contributed by atoms with Crippen molar-refractivity contribution >= 4 is 11.3 Å². The van der Waals surface area contributed by atoms with E-state index in [1.165, 1.54) is 0 Å². The van der Waals surface area contributed by atoms with Crippen LogP contribution in [0.5, 0.6) is 0 Å². The van der Waals surface area contributed by atoms with Gasteiger partial charge in [0.2, 0.25) is 0 Å². The van der Waals surface area contributed by atoms with E-state index < -0.39 is 0 Å². The molecule has 0 radical (unpaired) electrons. The maximum absolute atomic E-state index is 5.89. The Kier molecular flexibility index (Phi) is 4.87. The number of morpholine rings is 1. The van der Waals surface area contributed by atoms with Crippen LogP contribution in [0.1, 0.15) is 28.3 Å². The number of aromatic nitrogens is 3. The lowest BCUT2D eigenvalue weighted by molar-refractivity contribution is -0.0372. The van der Waals surface area contributed by atoms with Crippen LogP contribution >= 0.6 is 11.3 Å². The maximum Gasteiger partial charge on any atom is 0.136 e. The molecule has 0 aromatic carbocycles. The first-order valence-corrected chi connectivity index (χ1v) is 8.41. The molecule has 0 spiro atoms.